The maximum absolute atomic E-state index is 14.6. The molecule has 1 heterocycles. The van der Waals surface area contributed by atoms with E-state index in [1.807, 2.05) is 31.2 Å². The van der Waals surface area contributed by atoms with Crippen molar-refractivity contribution in [3.05, 3.63) is 29.8 Å². The third-order valence-corrected chi connectivity index (χ3v) is 4.50. The molecule has 1 N–H and O–H groups in total. The molecule has 0 radical (unpaired) electrons. The SMILES string of the molecule is COc1ccc(C(C)NC(=O)C2CCN(C(=O)OC(C)(C)C)CC2F)cc1. The Morgan fingerprint density at radius 2 is 1.89 bits per heavy atom. The number of methoxy groups -OCH3 is 1. The number of likely N-dealkylation sites (tertiary alicyclic amines) is 1. The summed E-state index contributed by atoms with van der Waals surface area (Å²) < 4.78 is 25.0. The van der Waals surface area contributed by atoms with Crippen molar-refractivity contribution >= 4 is 12.0 Å². The summed E-state index contributed by atoms with van der Waals surface area (Å²) >= 11 is 0. The molecule has 7 heteroatoms. The Hall–Kier alpha value is -2.31. The van der Waals surface area contributed by atoms with Gasteiger partial charge in [-0.15, -0.1) is 0 Å². The van der Waals surface area contributed by atoms with Gasteiger partial charge >= 0.3 is 6.09 Å². The summed E-state index contributed by atoms with van der Waals surface area (Å²) in [5, 5.41) is 2.86. The monoisotopic (exact) mass is 380 g/mol. The molecule has 0 aromatic heterocycles. The van der Waals surface area contributed by atoms with Crippen molar-refractivity contribution in [1.82, 2.24) is 10.2 Å². The molecule has 1 aromatic rings. The zero-order valence-corrected chi connectivity index (χ0v) is 16.6. The van der Waals surface area contributed by atoms with E-state index in [0.29, 0.717) is 6.54 Å². The zero-order chi connectivity index (χ0) is 20.2. The number of nitrogens with one attached hydrogen (secondary N) is 1. The van der Waals surface area contributed by atoms with Gasteiger partial charge in [-0.1, -0.05) is 12.1 Å². The van der Waals surface area contributed by atoms with Crippen molar-refractivity contribution in [2.75, 3.05) is 20.2 Å². The molecule has 0 spiro atoms. The van der Waals surface area contributed by atoms with Crippen molar-refractivity contribution in [2.24, 2.45) is 5.92 Å². The van der Waals surface area contributed by atoms with E-state index in [2.05, 4.69) is 5.32 Å². The van der Waals surface area contributed by atoms with Crippen LogP contribution in [-0.2, 0) is 9.53 Å². The fraction of sp³-hybridized carbons (Fsp3) is 0.600. The molecular weight excluding hydrogens is 351 g/mol. The average Bonchev–Trinajstić information content (AvgIpc) is 2.60. The first-order chi connectivity index (χ1) is 12.6. The summed E-state index contributed by atoms with van der Waals surface area (Å²) in [6, 6.07) is 7.10. The summed E-state index contributed by atoms with van der Waals surface area (Å²) in [7, 11) is 1.59. The largest absolute Gasteiger partial charge is 0.497 e. The van der Waals surface area contributed by atoms with Crippen LogP contribution in [0.15, 0.2) is 24.3 Å². The second-order valence-corrected chi connectivity index (χ2v) is 7.84. The van der Waals surface area contributed by atoms with Gasteiger partial charge in [0.1, 0.15) is 17.5 Å². The van der Waals surface area contributed by atoms with E-state index in [1.165, 1.54) is 4.90 Å². The minimum atomic E-state index is -1.42. The van der Waals surface area contributed by atoms with E-state index < -0.39 is 23.8 Å². The third kappa shape index (κ3) is 5.84. The van der Waals surface area contributed by atoms with Gasteiger partial charge in [-0.25, -0.2) is 9.18 Å². The highest BCUT2D eigenvalue weighted by Crippen LogP contribution is 2.24. The first-order valence-corrected chi connectivity index (χ1v) is 9.17. The number of nitrogens with zero attached hydrogens (tertiary/aromatic N) is 1. The predicted molar refractivity (Wildman–Crippen MR) is 100 cm³/mol. The molecule has 2 amide bonds. The Bertz CT molecular complexity index is 657. The Morgan fingerprint density at radius 3 is 2.41 bits per heavy atom. The van der Waals surface area contributed by atoms with E-state index in [4.69, 9.17) is 9.47 Å². The maximum Gasteiger partial charge on any atom is 0.410 e. The van der Waals surface area contributed by atoms with Crippen LogP contribution in [0.5, 0.6) is 5.75 Å². The normalized spacial score (nSPS) is 21.3. The highest BCUT2D eigenvalue weighted by atomic mass is 19.1. The number of hydrogen-bond acceptors (Lipinski definition) is 4. The Morgan fingerprint density at radius 1 is 1.26 bits per heavy atom. The van der Waals surface area contributed by atoms with Gasteiger partial charge in [0.25, 0.3) is 0 Å². The lowest BCUT2D eigenvalue weighted by Gasteiger charge is -2.35. The number of amides is 2. The fourth-order valence-corrected chi connectivity index (χ4v) is 2.99. The molecule has 1 aromatic carbocycles. The number of ether oxygens (including phenoxy) is 2. The summed E-state index contributed by atoms with van der Waals surface area (Å²) in [5.41, 5.74) is 0.274. The second kappa shape index (κ2) is 8.59. The van der Waals surface area contributed by atoms with Crippen LogP contribution in [-0.4, -0.2) is 48.9 Å². The summed E-state index contributed by atoms with van der Waals surface area (Å²) in [4.78, 5) is 25.9. The van der Waals surface area contributed by atoms with Crippen LogP contribution >= 0.6 is 0 Å². The van der Waals surface area contributed by atoms with Gasteiger partial charge in [-0.05, 0) is 51.8 Å². The number of carbonyl (C=O) groups is 2. The smallest absolute Gasteiger partial charge is 0.410 e. The lowest BCUT2D eigenvalue weighted by molar-refractivity contribution is -0.129. The molecule has 3 unspecified atom stereocenters. The third-order valence-electron chi connectivity index (χ3n) is 4.50. The van der Waals surface area contributed by atoms with Crippen LogP contribution in [0.25, 0.3) is 0 Å². The zero-order valence-electron chi connectivity index (χ0n) is 16.6. The molecule has 1 saturated heterocycles. The molecule has 1 aliphatic heterocycles. The van der Waals surface area contributed by atoms with Crippen LogP contribution < -0.4 is 10.1 Å². The summed E-state index contributed by atoms with van der Waals surface area (Å²) in [6.07, 6.45) is -1.70. The molecule has 2 rings (SSSR count). The van der Waals surface area contributed by atoms with Crippen molar-refractivity contribution in [3.63, 3.8) is 0 Å². The molecule has 0 bridgehead atoms. The van der Waals surface area contributed by atoms with E-state index in [-0.39, 0.29) is 24.9 Å². The number of benzene rings is 1. The van der Waals surface area contributed by atoms with Crippen LogP contribution in [0.1, 0.15) is 45.7 Å². The van der Waals surface area contributed by atoms with Gasteiger partial charge in [0.2, 0.25) is 5.91 Å². The quantitative estimate of drug-likeness (QED) is 0.869. The Kier molecular flexibility index (Phi) is 6.68. The van der Waals surface area contributed by atoms with Gasteiger partial charge in [0.05, 0.1) is 25.6 Å². The van der Waals surface area contributed by atoms with Gasteiger partial charge < -0.3 is 19.7 Å². The molecular formula is C20H29FN2O4. The molecule has 0 aliphatic carbocycles. The molecule has 27 heavy (non-hydrogen) atoms. The number of piperidine rings is 1. The number of alkyl halides is 1. The van der Waals surface area contributed by atoms with Crippen LogP contribution in [0.2, 0.25) is 0 Å². The predicted octanol–water partition coefficient (Wildman–Crippen LogP) is 3.47. The number of carbonyl (C=O) groups excluding carboxylic acids is 2. The van der Waals surface area contributed by atoms with Gasteiger partial charge in [0, 0.05) is 6.54 Å². The van der Waals surface area contributed by atoms with Gasteiger partial charge in [-0.2, -0.15) is 0 Å². The van der Waals surface area contributed by atoms with Crippen molar-refractivity contribution in [3.8, 4) is 5.75 Å². The van der Waals surface area contributed by atoms with E-state index in [0.717, 1.165) is 11.3 Å². The van der Waals surface area contributed by atoms with E-state index in [1.54, 1.807) is 27.9 Å². The number of hydrogen-bond donors (Lipinski definition) is 1. The highest BCUT2D eigenvalue weighted by molar-refractivity contribution is 5.80. The molecule has 3 atom stereocenters. The summed E-state index contributed by atoms with van der Waals surface area (Å²) in [5.74, 6) is -0.380. The standard InChI is InChI=1S/C20H29FN2O4/c1-13(14-6-8-15(26-5)9-7-14)22-18(24)16-10-11-23(12-17(16)21)19(25)27-20(2,3)4/h6-9,13,16-17H,10-12H2,1-5H3,(H,22,24). The van der Waals surface area contributed by atoms with Crippen LogP contribution in [0, 0.1) is 5.92 Å². The van der Waals surface area contributed by atoms with Crippen LogP contribution in [0.4, 0.5) is 9.18 Å². The minimum Gasteiger partial charge on any atom is -0.497 e. The van der Waals surface area contributed by atoms with Gasteiger partial charge in [-0.3, -0.25) is 4.79 Å². The fourth-order valence-electron chi connectivity index (χ4n) is 2.99. The maximum atomic E-state index is 14.6. The van der Waals surface area contributed by atoms with Gasteiger partial charge in [0.15, 0.2) is 0 Å². The Balaban J connectivity index is 1.91. The molecule has 1 aliphatic rings. The molecule has 150 valence electrons. The second-order valence-electron chi connectivity index (χ2n) is 7.84. The lowest BCUT2D eigenvalue weighted by Crippen LogP contribution is -2.50. The average molecular weight is 380 g/mol. The highest BCUT2D eigenvalue weighted by Gasteiger charge is 2.37. The molecule has 0 saturated carbocycles. The first kappa shape index (κ1) is 21.0. The topological polar surface area (TPSA) is 67.9 Å². The minimum absolute atomic E-state index is 0.135. The number of halogens is 1. The lowest BCUT2D eigenvalue weighted by atomic mass is 9.93. The van der Waals surface area contributed by atoms with E-state index >= 15 is 0 Å². The molecule has 6 nitrogen and oxygen atoms in total. The first-order valence-electron chi connectivity index (χ1n) is 9.17. The Labute approximate surface area is 160 Å². The van der Waals surface area contributed by atoms with Crippen LogP contribution in [0.3, 0.4) is 0 Å². The van der Waals surface area contributed by atoms with Crippen molar-refractivity contribution in [2.45, 2.75) is 51.9 Å². The summed E-state index contributed by atoms with van der Waals surface area (Å²) in [6.45, 7) is 7.30. The van der Waals surface area contributed by atoms with Crippen molar-refractivity contribution in [1.29, 1.82) is 0 Å². The molecule has 1 fully saturated rings. The van der Waals surface area contributed by atoms with E-state index in [9.17, 15) is 14.0 Å². The van der Waals surface area contributed by atoms with Crippen molar-refractivity contribution < 1.29 is 23.5 Å². The number of rotatable bonds is 4.